The zero-order valence-corrected chi connectivity index (χ0v) is 20.4. The van der Waals surface area contributed by atoms with E-state index in [-0.39, 0.29) is 11.0 Å². The molecule has 3 rings (SSSR count). The second-order valence-corrected chi connectivity index (χ2v) is 8.41. The van der Waals surface area contributed by atoms with Gasteiger partial charge in [0.05, 0.1) is 17.0 Å². The molecule has 0 radical (unpaired) electrons. The van der Waals surface area contributed by atoms with Crippen molar-refractivity contribution in [2.45, 2.75) is 19.3 Å². The van der Waals surface area contributed by atoms with Crippen LogP contribution in [0.5, 0.6) is 5.75 Å². The van der Waals surface area contributed by atoms with E-state index in [9.17, 15) is 9.59 Å². The van der Waals surface area contributed by atoms with Crippen molar-refractivity contribution in [3.05, 3.63) is 100 Å². The number of thiocarbonyl (C=S) groups is 1. The Morgan fingerprint density at radius 1 is 0.939 bits per heavy atom. The number of hydrazine groups is 1. The van der Waals surface area contributed by atoms with Gasteiger partial charge in [-0.15, -0.1) is 0 Å². The molecule has 6 nitrogen and oxygen atoms in total. The van der Waals surface area contributed by atoms with Crippen molar-refractivity contribution in [3.63, 3.8) is 0 Å². The van der Waals surface area contributed by atoms with Gasteiger partial charge in [0.25, 0.3) is 5.91 Å². The Morgan fingerprint density at radius 2 is 1.55 bits per heavy atom. The largest absolute Gasteiger partial charge is 0.492 e. The molecule has 0 saturated carbocycles. The third-order valence-corrected chi connectivity index (χ3v) is 5.53. The Kier molecular flexibility index (Phi) is 8.97. The molecule has 0 heterocycles. The minimum absolute atomic E-state index is 0.0179. The third kappa shape index (κ3) is 6.87. The summed E-state index contributed by atoms with van der Waals surface area (Å²) in [6.07, 6.45) is 0.885. The maximum Gasteiger partial charge on any atom is 0.257 e. The first kappa shape index (κ1) is 24.4. The average Bonchev–Trinajstić information content (AvgIpc) is 2.83. The molecule has 0 aliphatic heterocycles. The van der Waals surface area contributed by atoms with Crippen LogP contribution in [0.25, 0.3) is 0 Å². The standard InChI is InChI=1S/C25H24BrN3O3S/c1-2-15-32-21-14-13-19(16-20(21)26)23(30)27-25(33)29-28-24(31)22(17-9-5-3-6-10-17)18-11-7-4-8-12-18/h3-14,16,22H,2,15H2,1H3,(H,28,31)(H2,27,29,30,33). The van der Waals surface area contributed by atoms with E-state index in [1.165, 1.54) is 0 Å². The SMILES string of the molecule is CCCOc1ccc(C(=O)NC(=S)NNC(=O)C(c2ccccc2)c2ccccc2)cc1Br. The summed E-state index contributed by atoms with van der Waals surface area (Å²) in [6, 6.07) is 23.9. The third-order valence-electron chi connectivity index (χ3n) is 4.71. The molecule has 0 aromatic heterocycles. The predicted octanol–water partition coefficient (Wildman–Crippen LogP) is 4.71. The Morgan fingerprint density at radius 3 is 2.09 bits per heavy atom. The minimum atomic E-state index is -0.537. The number of benzene rings is 3. The monoisotopic (exact) mass is 525 g/mol. The van der Waals surface area contributed by atoms with Crippen LogP contribution in [0, 0.1) is 0 Å². The Hall–Kier alpha value is -3.23. The number of ether oxygens (including phenoxy) is 1. The number of carbonyl (C=O) groups excluding carboxylic acids is 2. The first-order chi connectivity index (χ1) is 16.0. The van der Waals surface area contributed by atoms with Crippen molar-refractivity contribution in [1.29, 1.82) is 0 Å². The fraction of sp³-hybridized carbons (Fsp3) is 0.160. The highest BCUT2D eigenvalue weighted by Crippen LogP contribution is 2.26. The van der Waals surface area contributed by atoms with Crippen molar-refractivity contribution in [1.82, 2.24) is 16.2 Å². The molecule has 0 fully saturated rings. The molecule has 3 aromatic carbocycles. The van der Waals surface area contributed by atoms with E-state index < -0.39 is 11.8 Å². The van der Waals surface area contributed by atoms with Crippen LogP contribution in [0.4, 0.5) is 0 Å². The van der Waals surface area contributed by atoms with Gasteiger partial charge in [0, 0.05) is 5.56 Å². The average molecular weight is 526 g/mol. The van der Waals surface area contributed by atoms with Gasteiger partial charge in [-0.2, -0.15) is 0 Å². The van der Waals surface area contributed by atoms with E-state index in [1.54, 1.807) is 18.2 Å². The van der Waals surface area contributed by atoms with Gasteiger partial charge in [-0.25, -0.2) is 0 Å². The fourth-order valence-electron chi connectivity index (χ4n) is 3.15. The lowest BCUT2D eigenvalue weighted by Crippen LogP contribution is -2.49. The number of nitrogens with one attached hydrogen (secondary N) is 3. The molecule has 0 aliphatic carbocycles. The van der Waals surface area contributed by atoms with Crippen LogP contribution in [0.1, 0.15) is 40.7 Å². The number of rotatable bonds is 7. The predicted molar refractivity (Wildman–Crippen MR) is 136 cm³/mol. The molecule has 33 heavy (non-hydrogen) atoms. The van der Waals surface area contributed by atoms with E-state index in [4.69, 9.17) is 17.0 Å². The first-order valence-corrected chi connectivity index (χ1v) is 11.6. The molecule has 3 N–H and O–H groups in total. The van der Waals surface area contributed by atoms with Crippen molar-refractivity contribution < 1.29 is 14.3 Å². The molecule has 170 valence electrons. The first-order valence-electron chi connectivity index (χ1n) is 10.4. The molecular weight excluding hydrogens is 502 g/mol. The molecule has 0 bridgehead atoms. The number of hydrogen-bond donors (Lipinski definition) is 3. The number of amides is 2. The minimum Gasteiger partial charge on any atom is -0.492 e. The quantitative estimate of drug-likeness (QED) is 0.307. The summed E-state index contributed by atoms with van der Waals surface area (Å²) in [4.78, 5) is 25.5. The summed E-state index contributed by atoms with van der Waals surface area (Å²) in [5.74, 6) is -0.587. The lowest BCUT2D eigenvalue weighted by atomic mass is 9.91. The molecule has 0 unspecified atom stereocenters. The van der Waals surface area contributed by atoms with Gasteiger partial charge >= 0.3 is 0 Å². The van der Waals surface area contributed by atoms with Crippen molar-refractivity contribution in [2.75, 3.05) is 6.61 Å². The van der Waals surface area contributed by atoms with Crippen molar-refractivity contribution >= 4 is 45.1 Å². The summed E-state index contributed by atoms with van der Waals surface area (Å²) < 4.78 is 6.27. The van der Waals surface area contributed by atoms with E-state index >= 15 is 0 Å². The molecular formula is C25H24BrN3O3S. The Bertz CT molecular complexity index is 1070. The maximum absolute atomic E-state index is 13.0. The van der Waals surface area contributed by atoms with Gasteiger partial charge in [0.2, 0.25) is 5.91 Å². The smallest absolute Gasteiger partial charge is 0.257 e. The van der Waals surface area contributed by atoms with E-state index in [2.05, 4.69) is 32.1 Å². The zero-order valence-electron chi connectivity index (χ0n) is 18.0. The number of hydrogen-bond acceptors (Lipinski definition) is 4. The highest BCUT2D eigenvalue weighted by molar-refractivity contribution is 9.10. The molecule has 0 atom stereocenters. The number of carbonyl (C=O) groups is 2. The highest BCUT2D eigenvalue weighted by atomic mass is 79.9. The van der Waals surface area contributed by atoms with Crippen LogP contribution in [0.3, 0.4) is 0 Å². The highest BCUT2D eigenvalue weighted by Gasteiger charge is 2.22. The van der Waals surface area contributed by atoms with E-state index in [0.29, 0.717) is 22.4 Å². The van der Waals surface area contributed by atoms with Gasteiger partial charge < -0.3 is 4.74 Å². The van der Waals surface area contributed by atoms with Crippen molar-refractivity contribution in [3.8, 4) is 5.75 Å². The topological polar surface area (TPSA) is 79.5 Å². The lowest BCUT2D eigenvalue weighted by Gasteiger charge is -2.19. The molecule has 8 heteroatoms. The molecule has 0 spiro atoms. The van der Waals surface area contributed by atoms with Crippen LogP contribution in [0.15, 0.2) is 83.3 Å². The van der Waals surface area contributed by atoms with Crippen LogP contribution >= 0.6 is 28.1 Å². The lowest BCUT2D eigenvalue weighted by molar-refractivity contribution is -0.122. The van der Waals surface area contributed by atoms with E-state index in [1.807, 2.05) is 67.6 Å². The zero-order chi connectivity index (χ0) is 23.6. The van der Waals surface area contributed by atoms with Gasteiger partial charge in [-0.05, 0) is 63.9 Å². The van der Waals surface area contributed by atoms with Gasteiger partial charge in [0.1, 0.15) is 5.75 Å². The van der Waals surface area contributed by atoms with Crippen LogP contribution in [-0.4, -0.2) is 23.5 Å². The van der Waals surface area contributed by atoms with Crippen molar-refractivity contribution in [2.24, 2.45) is 0 Å². The Labute approximate surface area is 206 Å². The van der Waals surface area contributed by atoms with E-state index in [0.717, 1.165) is 17.5 Å². The van der Waals surface area contributed by atoms with Gasteiger partial charge in [0.15, 0.2) is 5.11 Å². The molecule has 3 aromatic rings. The van der Waals surface area contributed by atoms with Crippen LogP contribution in [-0.2, 0) is 4.79 Å². The number of halogens is 1. The van der Waals surface area contributed by atoms with Gasteiger partial charge in [-0.1, -0.05) is 67.6 Å². The summed E-state index contributed by atoms with van der Waals surface area (Å²) in [5.41, 5.74) is 7.30. The van der Waals surface area contributed by atoms with Crippen LogP contribution in [0.2, 0.25) is 0 Å². The van der Waals surface area contributed by atoms with Crippen LogP contribution < -0.4 is 20.9 Å². The maximum atomic E-state index is 13.0. The fourth-order valence-corrected chi connectivity index (χ4v) is 3.79. The summed E-state index contributed by atoms with van der Waals surface area (Å²) in [7, 11) is 0. The molecule has 0 aliphatic rings. The Balaban J connectivity index is 1.61. The second kappa shape index (κ2) is 12.1. The molecule has 0 saturated heterocycles. The van der Waals surface area contributed by atoms with Gasteiger partial charge in [-0.3, -0.25) is 25.8 Å². The normalized spacial score (nSPS) is 10.4. The summed E-state index contributed by atoms with van der Waals surface area (Å²) in [5, 5.41) is 2.55. The molecule has 2 amide bonds. The summed E-state index contributed by atoms with van der Waals surface area (Å²) in [6.45, 7) is 2.61. The summed E-state index contributed by atoms with van der Waals surface area (Å²) >= 11 is 8.60. The second-order valence-electron chi connectivity index (χ2n) is 7.15.